The number of carbonyl (C=O) groups is 1. The lowest BCUT2D eigenvalue weighted by atomic mass is 9.96. The number of aryl methyl sites for hydroxylation is 1. The van der Waals surface area contributed by atoms with Gasteiger partial charge in [0.2, 0.25) is 5.91 Å². The summed E-state index contributed by atoms with van der Waals surface area (Å²) in [5.41, 5.74) is 2.56. The van der Waals surface area contributed by atoms with E-state index in [1.165, 1.54) is 17.4 Å². The zero-order valence-electron chi connectivity index (χ0n) is 14.4. The molecule has 0 aliphatic heterocycles. The summed E-state index contributed by atoms with van der Waals surface area (Å²) in [6, 6.07) is 11.3. The van der Waals surface area contributed by atoms with Crippen LogP contribution in [0.5, 0.6) is 0 Å². The molecule has 0 aliphatic rings. The summed E-state index contributed by atoms with van der Waals surface area (Å²) in [5.74, 6) is -0.123. The average molecular weight is 355 g/mol. The maximum atomic E-state index is 12.5. The first-order valence-electron chi connectivity index (χ1n) is 8.39. The first-order valence-corrected chi connectivity index (χ1v) is 9.27. The maximum absolute atomic E-state index is 12.5. The van der Waals surface area contributed by atoms with Gasteiger partial charge in [-0.15, -0.1) is 11.3 Å². The van der Waals surface area contributed by atoms with Crippen LogP contribution in [0.2, 0.25) is 0 Å². The smallest absolute Gasteiger partial charge is 0.258 e. The van der Waals surface area contributed by atoms with E-state index in [0.717, 1.165) is 23.4 Å². The van der Waals surface area contributed by atoms with Crippen molar-refractivity contribution in [2.24, 2.45) is 0 Å². The number of fused-ring (bicyclic) bond motifs is 1. The van der Waals surface area contributed by atoms with Crippen LogP contribution in [0, 0.1) is 6.92 Å². The molecule has 1 N–H and O–H groups in total. The molecule has 1 amide bonds. The standard InChI is InChI=1S/C19H21N3O2S/c1-3-16(14-7-5-4-6-8-14)18(24)20-10-9-15-12-25-19-21-13(2)11-17(23)22(15)19/h4-8,11-12,16H,3,9-10H2,1-2H3,(H,20,24). The molecule has 1 unspecified atom stereocenters. The molecule has 0 bridgehead atoms. The van der Waals surface area contributed by atoms with Crippen molar-refractivity contribution in [1.29, 1.82) is 0 Å². The Morgan fingerprint density at radius 3 is 2.80 bits per heavy atom. The van der Waals surface area contributed by atoms with Gasteiger partial charge in [-0.25, -0.2) is 4.98 Å². The van der Waals surface area contributed by atoms with Crippen molar-refractivity contribution in [2.75, 3.05) is 6.54 Å². The summed E-state index contributed by atoms with van der Waals surface area (Å²) >= 11 is 1.45. The van der Waals surface area contributed by atoms with Gasteiger partial charge in [0.05, 0.1) is 5.92 Å². The van der Waals surface area contributed by atoms with Crippen LogP contribution < -0.4 is 10.9 Å². The molecular weight excluding hydrogens is 334 g/mol. The third kappa shape index (κ3) is 3.79. The fourth-order valence-electron chi connectivity index (χ4n) is 2.95. The second-order valence-corrected chi connectivity index (χ2v) is 6.83. The first kappa shape index (κ1) is 17.4. The SMILES string of the molecule is CCC(C(=O)NCCc1csc2nc(C)cc(=O)n12)c1ccccc1. The van der Waals surface area contributed by atoms with Crippen LogP contribution in [0.3, 0.4) is 0 Å². The molecule has 3 aromatic rings. The van der Waals surface area contributed by atoms with Gasteiger partial charge in [0.15, 0.2) is 4.96 Å². The van der Waals surface area contributed by atoms with E-state index < -0.39 is 0 Å². The quantitative estimate of drug-likeness (QED) is 0.739. The van der Waals surface area contributed by atoms with Crippen LogP contribution in [0.1, 0.15) is 36.2 Å². The van der Waals surface area contributed by atoms with E-state index in [9.17, 15) is 9.59 Å². The molecule has 130 valence electrons. The summed E-state index contributed by atoms with van der Waals surface area (Å²) in [6.07, 6.45) is 1.35. The minimum Gasteiger partial charge on any atom is -0.355 e. The van der Waals surface area contributed by atoms with Crippen molar-refractivity contribution >= 4 is 22.2 Å². The monoisotopic (exact) mass is 355 g/mol. The molecule has 0 radical (unpaired) electrons. The van der Waals surface area contributed by atoms with E-state index in [2.05, 4.69) is 10.3 Å². The lowest BCUT2D eigenvalue weighted by molar-refractivity contribution is -0.122. The second-order valence-electron chi connectivity index (χ2n) is 5.99. The number of nitrogens with zero attached hydrogens (tertiary/aromatic N) is 2. The number of aromatic nitrogens is 2. The Labute approximate surface area is 150 Å². The maximum Gasteiger partial charge on any atom is 0.258 e. The average Bonchev–Trinajstić information content (AvgIpc) is 2.99. The highest BCUT2D eigenvalue weighted by Crippen LogP contribution is 2.19. The number of nitrogens with one attached hydrogen (secondary N) is 1. The van der Waals surface area contributed by atoms with Crippen molar-refractivity contribution in [3.05, 3.63) is 69.1 Å². The minimum absolute atomic E-state index is 0.0227. The van der Waals surface area contributed by atoms with Gasteiger partial charge in [0, 0.05) is 35.8 Å². The Kier molecular flexibility index (Phi) is 5.28. The first-order chi connectivity index (χ1) is 12.1. The normalized spacial score (nSPS) is 12.2. The van der Waals surface area contributed by atoms with Crippen molar-refractivity contribution in [3.63, 3.8) is 0 Å². The van der Waals surface area contributed by atoms with Gasteiger partial charge >= 0.3 is 0 Å². The lowest BCUT2D eigenvalue weighted by Crippen LogP contribution is -2.31. The highest BCUT2D eigenvalue weighted by atomic mass is 32.1. The Morgan fingerprint density at radius 1 is 1.32 bits per heavy atom. The van der Waals surface area contributed by atoms with Crippen LogP contribution in [-0.2, 0) is 11.2 Å². The molecule has 0 fully saturated rings. The van der Waals surface area contributed by atoms with E-state index in [4.69, 9.17) is 0 Å². The second kappa shape index (κ2) is 7.61. The van der Waals surface area contributed by atoms with E-state index in [-0.39, 0.29) is 17.4 Å². The molecule has 0 saturated carbocycles. The number of benzene rings is 1. The fraction of sp³-hybridized carbons (Fsp3) is 0.316. The number of thiazole rings is 1. The van der Waals surface area contributed by atoms with Gasteiger partial charge in [-0.2, -0.15) is 0 Å². The third-order valence-electron chi connectivity index (χ3n) is 4.21. The van der Waals surface area contributed by atoms with Crippen molar-refractivity contribution in [1.82, 2.24) is 14.7 Å². The van der Waals surface area contributed by atoms with Crippen LogP contribution in [-0.4, -0.2) is 21.8 Å². The molecule has 5 nitrogen and oxygen atoms in total. The van der Waals surface area contributed by atoms with Crippen molar-refractivity contribution < 1.29 is 4.79 Å². The zero-order chi connectivity index (χ0) is 17.8. The number of amides is 1. The lowest BCUT2D eigenvalue weighted by Gasteiger charge is -2.15. The molecule has 1 aromatic carbocycles. The molecular formula is C19H21N3O2S. The van der Waals surface area contributed by atoms with Crippen molar-refractivity contribution in [3.8, 4) is 0 Å². The Bertz CT molecular complexity index is 931. The van der Waals surface area contributed by atoms with Gasteiger partial charge in [0.1, 0.15) is 0 Å². The number of rotatable bonds is 6. The Balaban J connectivity index is 1.67. The van der Waals surface area contributed by atoms with Crippen LogP contribution in [0.15, 0.2) is 46.6 Å². The van der Waals surface area contributed by atoms with Crippen LogP contribution >= 0.6 is 11.3 Å². The molecule has 1 atom stereocenters. The van der Waals surface area contributed by atoms with Crippen LogP contribution in [0.25, 0.3) is 4.96 Å². The highest BCUT2D eigenvalue weighted by Gasteiger charge is 2.18. The highest BCUT2D eigenvalue weighted by molar-refractivity contribution is 7.15. The van der Waals surface area contributed by atoms with E-state index in [1.807, 2.05) is 49.6 Å². The fourth-order valence-corrected chi connectivity index (χ4v) is 3.93. The van der Waals surface area contributed by atoms with Gasteiger partial charge in [-0.3, -0.25) is 14.0 Å². The van der Waals surface area contributed by atoms with E-state index in [1.54, 1.807) is 4.40 Å². The molecule has 2 aromatic heterocycles. The zero-order valence-corrected chi connectivity index (χ0v) is 15.2. The summed E-state index contributed by atoms with van der Waals surface area (Å²) in [6.45, 7) is 4.32. The van der Waals surface area contributed by atoms with Gasteiger partial charge < -0.3 is 5.32 Å². The molecule has 0 saturated heterocycles. The largest absolute Gasteiger partial charge is 0.355 e. The topological polar surface area (TPSA) is 63.5 Å². The van der Waals surface area contributed by atoms with E-state index >= 15 is 0 Å². The van der Waals surface area contributed by atoms with Crippen LogP contribution in [0.4, 0.5) is 0 Å². The van der Waals surface area contributed by atoms with Gasteiger partial charge in [0.25, 0.3) is 5.56 Å². The Morgan fingerprint density at radius 2 is 2.08 bits per heavy atom. The van der Waals surface area contributed by atoms with Gasteiger partial charge in [-0.05, 0) is 18.9 Å². The molecule has 2 heterocycles. The molecule has 3 rings (SSSR count). The predicted octanol–water partition coefficient (Wildman–Crippen LogP) is 2.92. The number of hydrogen-bond acceptors (Lipinski definition) is 4. The molecule has 25 heavy (non-hydrogen) atoms. The van der Waals surface area contributed by atoms with Crippen molar-refractivity contribution in [2.45, 2.75) is 32.6 Å². The van der Waals surface area contributed by atoms with Gasteiger partial charge in [-0.1, -0.05) is 37.3 Å². The third-order valence-corrected chi connectivity index (χ3v) is 5.09. The summed E-state index contributed by atoms with van der Waals surface area (Å²) in [7, 11) is 0. The summed E-state index contributed by atoms with van der Waals surface area (Å²) in [5, 5.41) is 4.93. The molecule has 0 aliphatic carbocycles. The summed E-state index contributed by atoms with van der Waals surface area (Å²) < 4.78 is 1.62. The summed E-state index contributed by atoms with van der Waals surface area (Å²) in [4.78, 5) is 29.7. The van der Waals surface area contributed by atoms with E-state index in [0.29, 0.717) is 17.9 Å². The Hall–Kier alpha value is -2.47. The number of carbonyl (C=O) groups excluding carboxylic acids is 1. The number of hydrogen-bond donors (Lipinski definition) is 1. The molecule has 0 spiro atoms. The molecule has 6 heteroatoms. The minimum atomic E-state index is -0.146. The predicted molar refractivity (Wildman–Crippen MR) is 100 cm³/mol.